The van der Waals surface area contributed by atoms with Gasteiger partial charge in [-0.2, -0.15) is 0 Å². The Morgan fingerprint density at radius 3 is 2.81 bits per heavy atom. The lowest BCUT2D eigenvalue weighted by Gasteiger charge is -2.15. The van der Waals surface area contributed by atoms with Crippen molar-refractivity contribution in [3.8, 4) is 0 Å². The lowest BCUT2D eigenvalue weighted by Crippen LogP contribution is -2.30. The number of hydrogen-bond donors (Lipinski definition) is 2. The average molecular weight is 437 g/mol. The van der Waals surface area contributed by atoms with Crippen molar-refractivity contribution in [2.45, 2.75) is 32.2 Å². The zero-order valence-electron chi connectivity index (χ0n) is 14.7. The summed E-state index contributed by atoms with van der Waals surface area (Å²) in [5.74, 6) is -0.553. The van der Waals surface area contributed by atoms with Crippen LogP contribution in [0.2, 0.25) is 0 Å². The number of nitrogens with one attached hydrogen (secondary N) is 2. The van der Waals surface area contributed by atoms with E-state index < -0.39 is 0 Å². The van der Waals surface area contributed by atoms with Crippen LogP contribution in [0.25, 0.3) is 0 Å². The topological polar surface area (TPSA) is 67.4 Å². The Morgan fingerprint density at radius 2 is 2.08 bits per heavy atom. The maximum absolute atomic E-state index is 12.4. The summed E-state index contributed by atoms with van der Waals surface area (Å²) in [6, 6.07) is 7.93. The van der Waals surface area contributed by atoms with Crippen LogP contribution in [0, 0.1) is 0 Å². The first-order chi connectivity index (χ1) is 12.5. The molecular formula is C19H21BrN2O3S. The van der Waals surface area contributed by atoms with Crippen LogP contribution in [0.3, 0.4) is 0 Å². The van der Waals surface area contributed by atoms with E-state index in [4.69, 9.17) is 4.74 Å². The highest BCUT2D eigenvalue weighted by atomic mass is 79.9. The van der Waals surface area contributed by atoms with E-state index in [9.17, 15) is 9.59 Å². The summed E-state index contributed by atoms with van der Waals surface area (Å²) in [6.07, 6.45) is 2.87. The number of carbonyl (C=O) groups excluding carboxylic acids is 2. The largest absolute Gasteiger partial charge is 0.465 e. The number of amides is 1. The lowest BCUT2D eigenvalue weighted by molar-refractivity contribution is -0.115. The molecule has 0 radical (unpaired) electrons. The summed E-state index contributed by atoms with van der Waals surface area (Å²) in [6.45, 7) is 2.17. The van der Waals surface area contributed by atoms with Crippen LogP contribution in [0.5, 0.6) is 0 Å². The van der Waals surface area contributed by atoms with Gasteiger partial charge in [-0.1, -0.05) is 34.1 Å². The van der Waals surface area contributed by atoms with Crippen LogP contribution in [-0.2, 0) is 22.4 Å². The smallest absolute Gasteiger partial charge is 0.341 e. The van der Waals surface area contributed by atoms with E-state index >= 15 is 0 Å². The predicted octanol–water partition coefficient (Wildman–Crippen LogP) is 4.08. The van der Waals surface area contributed by atoms with E-state index in [1.165, 1.54) is 23.3 Å². The lowest BCUT2D eigenvalue weighted by atomic mass is 10.1. The highest BCUT2D eigenvalue weighted by Gasteiger charge is 2.28. The monoisotopic (exact) mass is 436 g/mol. The van der Waals surface area contributed by atoms with Gasteiger partial charge in [-0.05, 0) is 43.4 Å². The predicted molar refractivity (Wildman–Crippen MR) is 107 cm³/mol. The molecule has 1 aromatic carbocycles. The standard InChI is InChI=1S/C19H21BrN2O3S/c1-11(12-6-3-4-8-14(12)20)21-10-16(23)22-18-17(19(24)25-2)13-7-5-9-15(13)26-18/h3-4,6,8,11,21H,5,7,9-10H2,1-2H3,(H,22,23)/t11-/m1/s1. The van der Waals surface area contributed by atoms with Crippen molar-refractivity contribution in [2.75, 3.05) is 19.0 Å². The van der Waals surface area contributed by atoms with Crippen molar-refractivity contribution in [1.29, 1.82) is 0 Å². The average Bonchev–Trinajstić information content (AvgIpc) is 3.20. The van der Waals surface area contributed by atoms with Crippen molar-refractivity contribution in [3.05, 3.63) is 50.3 Å². The van der Waals surface area contributed by atoms with Gasteiger partial charge in [0, 0.05) is 15.4 Å². The van der Waals surface area contributed by atoms with Crippen molar-refractivity contribution in [1.82, 2.24) is 5.32 Å². The van der Waals surface area contributed by atoms with Crippen LogP contribution in [0.4, 0.5) is 5.00 Å². The Bertz CT molecular complexity index is 834. The van der Waals surface area contributed by atoms with Gasteiger partial charge in [0.25, 0.3) is 0 Å². The van der Waals surface area contributed by atoms with Gasteiger partial charge in [0.15, 0.2) is 0 Å². The molecule has 0 saturated carbocycles. The minimum Gasteiger partial charge on any atom is -0.465 e. The second-order valence-electron chi connectivity index (χ2n) is 6.23. The number of fused-ring (bicyclic) bond motifs is 1. The number of methoxy groups -OCH3 is 1. The summed E-state index contributed by atoms with van der Waals surface area (Å²) in [5, 5.41) is 6.70. The fourth-order valence-corrected chi connectivity index (χ4v) is 5.08. The van der Waals surface area contributed by atoms with Gasteiger partial charge >= 0.3 is 5.97 Å². The van der Waals surface area contributed by atoms with Crippen LogP contribution in [0.15, 0.2) is 28.7 Å². The normalized spacial score (nSPS) is 14.0. The van der Waals surface area contributed by atoms with Gasteiger partial charge in [-0.3, -0.25) is 4.79 Å². The van der Waals surface area contributed by atoms with Crippen LogP contribution >= 0.6 is 27.3 Å². The molecule has 1 amide bonds. The molecule has 1 aliphatic carbocycles. The number of esters is 1. The minimum absolute atomic E-state index is 0.0183. The first-order valence-corrected chi connectivity index (χ1v) is 10.1. The number of rotatable bonds is 6. The fraction of sp³-hybridized carbons (Fsp3) is 0.368. The van der Waals surface area contributed by atoms with E-state index in [0.717, 1.165) is 34.9 Å². The van der Waals surface area contributed by atoms with Gasteiger partial charge < -0.3 is 15.4 Å². The fourth-order valence-electron chi connectivity index (χ4n) is 3.16. The number of anilines is 1. The highest BCUT2D eigenvalue weighted by molar-refractivity contribution is 9.10. The van der Waals surface area contributed by atoms with Gasteiger partial charge in [0.1, 0.15) is 5.00 Å². The number of halogens is 1. The van der Waals surface area contributed by atoms with Gasteiger partial charge in [0.05, 0.1) is 19.2 Å². The number of benzene rings is 1. The third-order valence-electron chi connectivity index (χ3n) is 4.50. The zero-order valence-corrected chi connectivity index (χ0v) is 17.1. The van der Waals surface area contributed by atoms with Gasteiger partial charge in [-0.15, -0.1) is 11.3 Å². The van der Waals surface area contributed by atoms with Crippen LogP contribution < -0.4 is 10.6 Å². The molecule has 1 aliphatic rings. The number of ether oxygens (including phenoxy) is 1. The first-order valence-electron chi connectivity index (χ1n) is 8.51. The number of thiophene rings is 1. The molecule has 26 heavy (non-hydrogen) atoms. The van der Waals surface area contributed by atoms with Gasteiger partial charge in [-0.25, -0.2) is 4.79 Å². The third-order valence-corrected chi connectivity index (χ3v) is 6.43. The summed E-state index contributed by atoms with van der Waals surface area (Å²) in [4.78, 5) is 25.7. The molecule has 2 aromatic rings. The van der Waals surface area contributed by atoms with Gasteiger partial charge in [0.2, 0.25) is 5.91 Å². The molecule has 138 valence electrons. The maximum atomic E-state index is 12.4. The zero-order chi connectivity index (χ0) is 18.7. The Balaban J connectivity index is 1.66. The molecule has 0 unspecified atom stereocenters. The Labute approximate surface area is 165 Å². The summed E-state index contributed by atoms with van der Waals surface area (Å²) >= 11 is 5.01. The van der Waals surface area contributed by atoms with E-state index in [1.807, 2.05) is 31.2 Å². The van der Waals surface area contributed by atoms with E-state index in [0.29, 0.717) is 10.6 Å². The quantitative estimate of drug-likeness (QED) is 0.669. The number of aryl methyl sites for hydroxylation is 1. The maximum Gasteiger partial charge on any atom is 0.341 e. The number of hydrogen-bond acceptors (Lipinski definition) is 5. The van der Waals surface area contributed by atoms with E-state index in [-0.39, 0.29) is 24.5 Å². The highest BCUT2D eigenvalue weighted by Crippen LogP contribution is 2.39. The minimum atomic E-state index is -0.380. The summed E-state index contributed by atoms with van der Waals surface area (Å²) in [7, 11) is 1.37. The molecule has 2 N–H and O–H groups in total. The van der Waals surface area contributed by atoms with E-state index in [2.05, 4.69) is 26.6 Å². The van der Waals surface area contributed by atoms with E-state index in [1.54, 1.807) is 0 Å². The molecule has 5 nitrogen and oxygen atoms in total. The second-order valence-corrected chi connectivity index (χ2v) is 8.18. The molecule has 1 aromatic heterocycles. The van der Waals surface area contributed by atoms with Crippen molar-refractivity contribution in [2.24, 2.45) is 0 Å². The number of carbonyl (C=O) groups is 2. The molecule has 1 atom stereocenters. The second kappa shape index (κ2) is 8.33. The molecule has 1 heterocycles. The Kier molecular flexibility index (Phi) is 6.11. The third kappa shape index (κ3) is 4.00. The molecule has 0 bridgehead atoms. The molecule has 7 heteroatoms. The molecule has 3 rings (SSSR count). The Hall–Kier alpha value is -1.70. The van der Waals surface area contributed by atoms with Crippen molar-refractivity contribution < 1.29 is 14.3 Å². The molecular weight excluding hydrogens is 416 g/mol. The van der Waals surface area contributed by atoms with Crippen LogP contribution in [0.1, 0.15) is 45.7 Å². The molecule has 0 saturated heterocycles. The summed E-state index contributed by atoms with van der Waals surface area (Å²) in [5.41, 5.74) is 2.65. The molecule has 0 aliphatic heterocycles. The van der Waals surface area contributed by atoms with Crippen molar-refractivity contribution >= 4 is 44.1 Å². The molecule has 0 fully saturated rings. The van der Waals surface area contributed by atoms with Crippen molar-refractivity contribution in [3.63, 3.8) is 0 Å². The first kappa shape index (κ1) is 19.1. The molecule has 0 spiro atoms. The van der Waals surface area contributed by atoms with Crippen LogP contribution in [-0.4, -0.2) is 25.5 Å². The Morgan fingerprint density at radius 1 is 1.31 bits per heavy atom. The SMILES string of the molecule is COC(=O)c1c(NC(=O)CN[C@H](C)c2ccccc2Br)sc2c1CCC2. The summed E-state index contributed by atoms with van der Waals surface area (Å²) < 4.78 is 5.91.